The third-order valence-electron chi connectivity index (χ3n) is 5.81. The van der Waals surface area contributed by atoms with Gasteiger partial charge in [0.25, 0.3) is 0 Å². The average Bonchev–Trinajstić information content (AvgIpc) is 2.83. The summed E-state index contributed by atoms with van der Waals surface area (Å²) in [6, 6.07) is 20.1. The number of nitrogens with zero attached hydrogens (tertiary/aromatic N) is 4. The Morgan fingerprint density at radius 3 is 2.32 bits per heavy atom. The van der Waals surface area contributed by atoms with E-state index in [2.05, 4.69) is 34.2 Å². The zero-order chi connectivity index (χ0) is 21.6. The maximum atomic E-state index is 12.6. The minimum absolute atomic E-state index is 0.205. The predicted octanol–water partition coefficient (Wildman–Crippen LogP) is 3.74. The molecule has 0 N–H and O–H groups in total. The Bertz CT molecular complexity index is 1010. The van der Waals surface area contributed by atoms with E-state index in [0.29, 0.717) is 19.5 Å². The molecular weight excluding hydrogens is 388 g/mol. The van der Waals surface area contributed by atoms with Gasteiger partial charge in [-0.3, -0.25) is 4.79 Å². The van der Waals surface area contributed by atoms with Crippen LogP contribution < -0.4 is 9.64 Å². The van der Waals surface area contributed by atoms with E-state index >= 15 is 0 Å². The minimum Gasteiger partial charge on any atom is -0.497 e. The number of benzene rings is 2. The molecule has 3 aromatic rings. The van der Waals surface area contributed by atoms with Crippen molar-refractivity contribution in [3.05, 3.63) is 71.8 Å². The van der Waals surface area contributed by atoms with Crippen molar-refractivity contribution in [3.8, 4) is 17.0 Å². The summed E-state index contributed by atoms with van der Waals surface area (Å²) in [5.74, 6) is 1.90. The predicted molar refractivity (Wildman–Crippen MR) is 122 cm³/mol. The Kier molecular flexibility index (Phi) is 6.46. The summed E-state index contributed by atoms with van der Waals surface area (Å²) in [5.41, 5.74) is 4.33. The van der Waals surface area contributed by atoms with Gasteiger partial charge in [0.2, 0.25) is 5.91 Å². The number of methoxy groups -OCH3 is 1. The third-order valence-corrected chi connectivity index (χ3v) is 5.81. The van der Waals surface area contributed by atoms with E-state index in [9.17, 15) is 4.79 Å². The van der Waals surface area contributed by atoms with Crippen molar-refractivity contribution < 1.29 is 9.53 Å². The number of hydrogen-bond donors (Lipinski definition) is 0. The fourth-order valence-corrected chi connectivity index (χ4v) is 3.88. The van der Waals surface area contributed by atoms with Crippen LogP contribution in [0.15, 0.2) is 60.7 Å². The van der Waals surface area contributed by atoms with Gasteiger partial charge in [0.1, 0.15) is 5.75 Å². The number of anilines is 1. The number of rotatable bonds is 6. The molecule has 160 valence electrons. The standard InChI is InChI=1S/C25H28N4O2/c1-19-5-3-4-6-22(19)23-12-13-24(27-26-23)28-15-17-29(18-16-28)25(30)14-9-20-7-10-21(31-2)11-8-20/h3-8,10-13H,9,14-18H2,1-2H3. The molecule has 2 heterocycles. The highest BCUT2D eigenvalue weighted by Gasteiger charge is 2.22. The Labute approximate surface area is 183 Å². The molecule has 1 aromatic heterocycles. The molecule has 0 atom stereocenters. The van der Waals surface area contributed by atoms with Gasteiger partial charge in [0.05, 0.1) is 12.8 Å². The van der Waals surface area contributed by atoms with Crippen LogP contribution in [0.5, 0.6) is 5.75 Å². The Morgan fingerprint density at radius 1 is 0.935 bits per heavy atom. The van der Waals surface area contributed by atoms with E-state index in [-0.39, 0.29) is 5.91 Å². The second-order valence-electron chi connectivity index (χ2n) is 7.81. The van der Waals surface area contributed by atoms with Crippen molar-refractivity contribution in [2.45, 2.75) is 19.8 Å². The van der Waals surface area contributed by atoms with Gasteiger partial charge in [0.15, 0.2) is 5.82 Å². The van der Waals surface area contributed by atoms with Gasteiger partial charge in [-0.15, -0.1) is 10.2 Å². The molecule has 1 amide bonds. The van der Waals surface area contributed by atoms with Crippen molar-refractivity contribution in [1.29, 1.82) is 0 Å². The number of aromatic nitrogens is 2. The normalized spacial score (nSPS) is 13.9. The summed E-state index contributed by atoms with van der Waals surface area (Å²) in [4.78, 5) is 16.8. The van der Waals surface area contributed by atoms with Crippen LogP contribution in [-0.4, -0.2) is 54.3 Å². The molecule has 31 heavy (non-hydrogen) atoms. The lowest BCUT2D eigenvalue weighted by Crippen LogP contribution is -2.49. The van der Waals surface area contributed by atoms with Crippen molar-refractivity contribution in [2.75, 3.05) is 38.2 Å². The third kappa shape index (κ3) is 5.02. The number of carbonyl (C=O) groups excluding carboxylic acids is 1. The number of hydrogen-bond acceptors (Lipinski definition) is 5. The summed E-state index contributed by atoms with van der Waals surface area (Å²) in [6.45, 7) is 5.04. The highest BCUT2D eigenvalue weighted by molar-refractivity contribution is 5.76. The average molecular weight is 417 g/mol. The first kappa shape index (κ1) is 20.8. The molecule has 6 nitrogen and oxygen atoms in total. The number of carbonyl (C=O) groups is 1. The second-order valence-corrected chi connectivity index (χ2v) is 7.81. The molecule has 0 spiro atoms. The van der Waals surface area contributed by atoms with E-state index in [1.165, 1.54) is 5.56 Å². The minimum atomic E-state index is 0.205. The highest BCUT2D eigenvalue weighted by Crippen LogP contribution is 2.22. The van der Waals surface area contributed by atoms with Crippen molar-refractivity contribution in [3.63, 3.8) is 0 Å². The smallest absolute Gasteiger partial charge is 0.223 e. The molecule has 0 aliphatic carbocycles. The van der Waals surface area contributed by atoms with E-state index < -0.39 is 0 Å². The number of amides is 1. The molecule has 1 saturated heterocycles. The summed E-state index contributed by atoms with van der Waals surface area (Å²) in [6.07, 6.45) is 1.27. The van der Waals surface area contributed by atoms with Crippen LogP contribution in [-0.2, 0) is 11.2 Å². The van der Waals surface area contributed by atoms with Crippen LogP contribution >= 0.6 is 0 Å². The summed E-state index contributed by atoms with van der Waals surface area (Å²) in [7, 11) is 1.66. The second kappa shape index (κ2) is 9.60. The summed E-state index contributed by atoms with van der Waals surface area (Å²) >= 11 is 0. The van der Waals surface area contributed by atoms with Gasteiger partial charge in [-0.1, -0.05) is 36.4 Å². The molecule has 0 unspecified atom stereocenters. The van der Waals surface area contributed by atoms with Gasteiger partial charge >= 0.3 is 0 Å². The molecule has 1 aliphatic heterocycles. The maximum absolute atomic E-state index is 12.6. The lowest BCUT2D eigenvalue weighted by molar-refractivity contribution is -0.131. The summed E-state index contributed by atoms with van der Waals surface area (Å²) < 4.78 is 5.18. The molecule has 4 rings (SSSR count). The molecule has 1 aliphatic rings. The molecule has 1 fully saturated rings. The first-order valence-electron chi connectivity index (χ1n) is 10.7. The van der Waals surface area contributed by atoms with E-state index in [1.807, 2.05) is 53.4 Å². The quantitative estimate of drug-likeness (QED) is 0.613. The molecule has 2 aromatic carbocycles. The monoisotopic (exact) mass is 416 g/mol. The van der Waals surface area contributed by atoms with Gasteiger partial charge in [-0.05, 0) is 48.7 Å². The first-order valence-corrected chi connectivity index (χ1v) is 10.7. The highest BCUT2D eigenvalue weighted by atomic mass is 16.5. The van der Waals surface area contributed by atoms with Gasteiger partial charge in [0, 0.05) is 38.2 Å². The van der Waals surface area contributed by atoms with Crippen LogP contribution in [0.4, 0.5) is 5.82 Å². The topological polar surface area (TPSA) is 58.6 Å². The number of aryl methyl sites for hydroxylation is 2. The van der Waals surface area contributed by atoms with E-state index in [4.69, 9.17) is 4.74 Å². The lowest BCUT2D eigenvalue weighted by Gasteiger charge is -2.35. The molecule has 6 heteroatoms. The van der Waals surface area contributed by atoms with Crippen LogP contribution in [0, 0.1) is 6.92 Å². The Hall–Kier alpha value is -3.41. The molecule has 0 radical (unpaired) electrons. The van der Waals surface area contributed by atoms with Crippen LogP contribution in [0.2, 0.25) is 0 Å². The van der Waals surface area contributed by atoms with E-state index in [1.54, 1.807) is 7.11 Å². The number of piperazine rings is 1. The van der Waals surface area contributed by atoms with Crippen molar-refractivity contribution >= 4 is 11.7 Å². The Morgan fingerprint density at radius 2 is 1.68 bits per heavy atom. The summed E-state index contributed by atoms with van der Waals surface area (Å²) in [5, 5.41) is 8.88. The SMILES string of the molecule is COc1ccc(CCC(=O)N2CCN(c3ccc(-c4ccccc4C)nn3)CC2)cc1. The maximum Gasteiger partial charge on any atom is 0.223 e. The Balaban J connectivity index is 1.29. The van der Waals surface area contributed by atoms with Gasteiger partial charge in [-0.25, -0.2) is 0 Å². The molecular formula is C25H28N4O2. The fraction of sp³-hybridized carbons (Fsp3) is 0.320. The van der Waals surface area contributed by atoms with Gasteiger partial charge < -0.3 is 14.5 Å². The first-order chi connectivity index (χ1) is 15.1. The van der Waals surface area contributed by atoms with Crippen LogP contribution in [0.1, 0.15) is 17.5 Å². The van der Waals surface area contributed by atoms with Crippen LogP contribution in [0.3, 0.4) is 0 Å². The zero-order valence-corrected chi connectivity index (χ0v) is 18.1. The zero-order valence-electron chi connectivity index (χ0n) is 18.1. The van der Waals surface area contributed by atoms with Crippen molar-refractivity contribution in [2.24, 2.45) is 0 Å². The molecule has 0 saturated carbocycles. The van der Waals surface area contributed by atoms with Gasteiger partial charge in [-0.2, -0.15) is 0 Å². The molecule has 0 bridgehead atoms. The largest absolute Gasteiger partial charge is 0.497 e. The lowest BCUT2D eigenvalue weighted by atomic mass is 10.1. The fourth-order valence-electron chi connectivity index (χ4n) is 3.88. The van der Waals surface area contributed by atoms with Crippen LogP contribution in [0.25, 0.3) is 11.3 Å². The number of ether oxygens (including phenoxy) is 1. The van der Waals surface area contributed by atoms with Crippen molar-refractivity contribution in [1.82, 2.24) is 15.1 Å². The van der Waals surface area contributed by atoms with E-state index in [0.717, 1.165) is 47.9 Å².